The van der Waals surface area contributed by atoms with E-state index in [1.54, 1.807) is 0 Å². The molecule has 0 spiro atoms. The summed E-state index contributed by atoms with van der Waals surface area (Å²) >= 11 is 0. The van der Waals surface area contributed by atoms with Crippen LogP contribution in [0, 0.1) is 0 Å². The lowest BCUT2D eigenvalue weighted by molar-refractivity contribution is -0.163. The number of hydrogen-bond acceptors (Lipinski definition) is 3. The van der Waals surface area contributed by atoms with E-state index in [9.17, 15) is 4.79 Å². The Morgan fingerprint density at radius 1 is 1.37 bits per heavy atom. The van der Waals surface area contributed by atoms with Crippen LogP contribution < -0.4 is 0 Å². The normalized spacial score (nSPS) is 31.4. The highest BCUT2D eigenvalue weighted by molar-refractivity contribution is 5.70. The standard InChI is InChI=1S/C16H23NO2/c1-5-15(18)19-16(14-9-7-6-8-10-14)11-12(2)17(4)13(16)3/h6-10,12-13H,5,11H2,1-4H3. The summed E-state index contributed by atoms with van der Waals surface area (Å²) in [5.41, 5.74) is 0.586. The van der Waals surface area contributed by atoms with Gasteiger partial charge in [0.05, 0.1) is 6.04 Å². The third-order valence-corrected chi connectivity index (χ3v) is 4.43. The van der Waals surface area contributed by atoms with Crippen LogP contribution in [0.3, 0.4) is 0 Å². The first-order valence-electron chi connectivity index (χ1n) is 7.00. The second-order valence-corrected chi connectivity index (χ2v) is 5.48. The van der Waals surface area contributed by atoms with Gasteiger partial charge in [-0.25, -0.2) is 0 Å². The summed E-state index contributed by atoms with van der Waals surface area (Å²) in [6.45, 7) is 6.16. The SMILES string of the molecule is CCC(=O)OC1(c2ccccc2)CC(C)N(C)C1C. The van der Waals surface area contributed by atoms with Gasteiger partial charge in [-0.1, -0.05) is 37.3 Å². The van der Waals surface area contributed by atoms with Gasteiger partial charge in [-0.05, 0) is 26.5 Å². The first kappa shape index (κ1) is 14.1. The van der Waals surface area contributed by atoms with Crippen molar-refractivity contribution in [3.63, 3.8) is 0 Å². The maximum atomic E-state index is 11.9. The second kappa shape index (κ2) is 5.33. The molecule has 1 aromatic rings. The average molecular weight is 261 g/mol. The largest absolute Gasteiger partial charge is 0.452 e. The molecule has 1 aromatic carbocycles. The summed E-state index contributed by atoms with van der Waals surface area (Å²) in [4.78, 5) is 14.2. The van der Waals surface area contributed by atoms with Gasteiger partial charge in [-0.2, -0.15) is 0 Å². The van der Waals surface area contributed by atoms with Crippen molar-refractivity contribution in [2.45, 2.75) is 51.3 Å². The monoisotopic (exact) mass is 261 g/mol. The van der Waals surface area contributed by atoms with Crippen molar-refractivity contribution in [3.05, 3.63) is 35.9 Å². The van der Waals surface area contributed by atoms with Gasteiger partial charge < -0.3 is 4.74 Å². The van der Waals surface area contributed by atoms with Crippen molar-refractivity contribution < 1.29 is 9.53 Å². The number of hydrogen-bond donors (Lipinski definition) is 0. The minimum Gasteiger partial charge on any atom is -0.452 e. The third-order valence-electron chi connectivity index (χ3n) is 4.43. The van der Waals surface area contributed by atoms with Crippen LogP contribution in [0.25, 0.3) is 0 Å². The minimum absolute atomic E-state index is 0.127. The molecule has 0 saturated carbocycles. The topological polar surface area (TPSA) is 29.5 Å². The van der Waals surface area contributed by atoms with Gasteiger partial charge in [0.2, 0.25) is 0 Å². The quantitative estimate of drug-likeness (QED) is 0.783. The molecule has 1 heterocycles. The van der Waals surface area contributed by atoms with Crippen LogP contribution in [-0.2, 0) is 15.1 Å². The number of likely N-dealkylation sites (tertiary alicyclic amines) is 1. The number of nitrogens with zero attached hydrogens (tertiary/aromatic N) is 1. The second-order valence-electron chi connectivity index (χ2n) is 5.48. The first-order chi connectivity index (χ1) is 9.01. The first-order valence-corrected chi connectivity index (χ1v) is 7.00. The third kappa shape index (κ3) is 2.39. The Balaban J connectivity index is 2.43. The molecule has 0 bridgehead atoms. The van der Waals surface area contributed by atoms with Gasteiger partial charge >= 0.3 is 5.97 Å². The molecule has 1 fully saturated rings. The molecule has 3 heteroatoms. The molecule has 0 radical (unpaired) electrons. The zero-order chi connectivity index (χ0) is 14.0. The lowest BCUT2D eigenvalue weighted by Crippen LogP contribution is -2.42. The summed E-state index contributed by atoms with van der Waals surface area (Å²) in [6.07, 6.45) is 1.26. The number of rotatable bonds is 3. The molecular formula is C16H23NO2. The molecule has 1 saturated heterocycles. The van der Waals surface area contributed by atoms with Crippen LogP contribution in [0.1, 0.15) is 39.2 Å². The maximum absolute atomic E-state index is 11.9. The minimum atomic E-state index is -0.511. The fourth-order valence-corrected chi connectivity index (χ4v) is 3.00. The van der Waals surface area contributed by atoms with Crippen LogP contribution in [0.5, 0.6) is 0 Å². The zero-order valence-corrected chi connectivity index (χ0v) is 12.2. The van der Waals surface area contributed by atoms with Crippen molar-refractivity contribution in [3.8, 4) is 0 Å². The number of benzene rings is 1. The van der Waals surface area contributed by atoms with Crippen LogP contribution in [0.2, 0.25) is 0 Å². The molecule has 2 rings (SSSR count). The fraction of sp³-hybridized carbons (Fsp3) is 0.562. The number of carbonyl (C=O) groups is 1. The molecule has 1 aliphatic rings. The number of esters is 1. The Kier molecular flexibility index (Phi) is 3.95. The molecule has 3 atom stereocenters. The fourth-order valence-electron chi connectivity index (χ4n) is 3.00. The smallest absolute Gasteiger partial charge is 0.306 e. The Morgan fingerprint density at radius 2 is 2.00 bits per heavy atom. The molecular weight excluding hydrogens is 238 g/mol. The van der Waals surface area contributed by atoms with E-state index in [1.807, 2.05) is 25.1 Å². The van der Waals surface area contributed by atoms with E-state index >= 15 is 0 Å². The van der Waals surface area contributed by atoms with E-state index in [4.69, 9.17) is 4.74 Å². The molecule has 19 heavy (non-hydrogen) atoms. The maximum Gasteiger partial charge on any atom is 0.306 e. The Labute approximate surface area is 115 Å². The molecule has 0 amide bonds. The number of likely N-dealkylation sites (N-methyl/N-ethyl adjacent to an activating group) is 1. The van der Waals surface area contributed by atoms with Crippen molar-refractivity contribution in [2.24, 2.45) is 0 Å². The highest BCUT2D eigenvalue weighted by atomic mass is 16.6. The molecule has 3 unspecified atom stereocenters. The number of ether oxygens (including phenoxy) is 1. The van der Waals surface area contributed by atoms with E-state index in [1.165, 1.54) is 0 Å². The highest BCUT2D eigenvalue weighted by Crippen LogP contribution is 2.43. The van der Waals surface area contributed by atoms with Crippen LogP contribution in [0.15, 0.2) is 30.3 Å². The van der Waals surface area contributed by atoms with E-state index in [0.29, 0.717) is 12.5 Å². The summed E-state index contributed by atoms with van der Waals surface area (Å²) < 4.78 is 5.91. The lowest BCUT2D eigenvalue weighted by atomic mass is 9.86. The van der Waals surface area contributed by atoms with Gasteiger partial charge in [0.25, 0.3) is 0 Å². The van der Waals surface area contributed by atoms with Gasteiger partial charge in [0.15, 0.2) is 5.60 Å². The van der Waals surface area contributed by atoms with Crippen LogP contribution in [0.4, 0.5) is 0 Å². The van der Waals surface area contributed by atoms with Gasteiger partial charge in [-0.15, -0.1) is 0 Å². The van der Waals surface area contributed by atoms with Crippen molar-refractivity contribution in [2.75, 3.05) is 7.05 Å². The molecule has 0 aromatic heterocycles. The Bertz CT molecular complexity index is 445. The van der Waals surface area contributed by atoms with Crippen molar-refractivity contribution >= 4 is 5.97 Å². The van der Waals surface area contributed by atoms with Crippen molar-refractivity contribution in [1.29, 1.82) is 0 Å². The van der Waals surface area contributed by atoms with Crippen LogP contribution in [-0.4, -0.2) is 30.0 Å². The molecule has 0 aliphatic carbocycles. The zero-order valence-electron chi connectivity index (χ0n) is 12.2. The van der Waals surface area contributed by atoms with E-state index in [0.717, 1.165) is 12.0 Å². The molecule has 0 N–H and O–H groups in total. The average Bonchev–Trinajstić information content (AvgIpc) is 2.65. The lowest BCUT2D eigenvalue weighted by Gasteiger charge is -2.35. The Morgan fingerprint density at radius 3 is 2.47 bits per heavy atom. The molecule has 3 nitrogen and oxygen atoms in total. The predicted molar refractivity (Wildman–Crippen MR) is 75.8 cm³/mol. The Hall–Kier alpha value is -1.35. The van der Waals surface area contributed by atoms with E-state index < -0.39 is 5.60 Å². The van der Waals surface area contributed by atoms with Crippen molar-refractivity contribution in [1.82, 2.24) is 4.90 Å². The van der Waals surface area contributed by atoms with E-state index in [2.05, 4.69) is 37.9 Å². The van der Waals surface area contributed by atoms with Gasteiger partial charge in [0.1, 0.15) is 0 Å². The van der Waals surface area contributed by atoms with E-state index in [-0.39, 0.29) is 12.0 Å². The summed E-state index contributed by atoms with van der Waals surface area (Å²) in [7, 11) is 2.10. The molecule has 104 valence electrons. The summed E-state index contributed by atoms with van der Waals surface area (Å²) in [5, 5.41) is 0. The molecule has 1 aliphatic heterocycles. The van der Waals surface area contributed by atoms with Gasteiger partial charge in [-0.3, -0.25) is 9.69 Å². The van der Waals surface area contributed by atoms with Gasteiger partial charge in [0, 0.05) is 18.9 Å². The summed E-state index contributed by atoms with van der Waals surface area (Å²) in [6, 6.07) is 10.7. The highest BCUT2D eigenvalue weighted by Gasteiger charge is 2.51. The number of carbonyl (C=O) groups excluding carboxylic acids is 1. The van der Waals surface area contributed by atoms with Crippen LogP contribution >= 0.6 is 0 Å². The predicted octanol–water partition coefficient (Wildman–Crippen LogP) is 2.95. The summed E-state index contributed by atoms with van der Waals surface area (Å²) in [5.74, 6) is -0.127.